The molecule has 3 nitrogen and oxygen atoms in total. The summed E-state index contributed by atoms with van der Waals surface area (Å²) in [6.07, 6.45) is 30.7. The predicted molar refractivity (Wildman–Crippen MR) is 150 cm³/mol. The first-order chi connectivity index (χ1) is 16.1. The summed E-state index contributed by atoms with van der Waals surface area (Å²) < 4.78 is 0. The van der Waals surface area contributed by atoms with Crippen molar-refractivity contribution in [2.45, 2.75) is 110 Å². The molecule has 0 amide bonds. The monoisotopic (exact) mass is 479 g/mol. The third-order valence-electron chi connectivity index (χ3n) is 5.55. The minimum atomic E-state index is -0.407. The van der Waals surface area contributed by atoms with Crippen LogP contribution in [0, 0.1) is 0 Å². The average molecular weight is 480 g/mol. The molecule has 0 radical (unpaired) electrons. The summed E-state index contributed by atoms with van der Waals surface area (Å²) in [5.74, 6) is 0.817. The molecule has 0 spiro atoms. The van der Waals surface area contributed by atoms with Crippen LogP contribution in [0.3, 0.4) is 0 Å². The lowest BCUT2D eigenvalue weighted by Crippen LogP contribution is -2.38. The normalized spacial score (nSPS) is 14.6. The lowest BCUT2D eigenvalue weighted by Gasteiger charge is -2.26. The maximum Gasteiger partial charge on any atom is 0.0701 e. The van der Waals surface area contributed by atoms with Crippen LogP contribution in [-0.2, 0) is 0 Å². The molecule has 0 fully saturated rings. The molecule has 0 heterocycles. The highest BCUT2D eigenvalue weighted by Crippen LogP contribution is 2.06. The Balaban J connectivity index is 4.17. The van der Waals surface area contributed by atoms with E-state index in [1.54, 1.807) is 0 Å². The van der Waals surface area contributed by atoms with E-state index < -0.39 is 12.2 Å². The Morgan fingerprint density at radius 2 is 1.09 bits per heavy atom. The van der Waals surface area contributed by atoms with Crippen molar-refractivity contribution in [3.8, 4) is 0 Å². The van der Waals surface area contributed by atoms with E-state index >= 15 is 0 Å². The predicted octanol–water partition coefficient (Wildman–Crippen LogP) is 7.28. The first-order valence-corrected chi connectivity index (χ1v) is 14.1. The first kappa shape index (κ1) is 32.2. The van der Waals surface area contributed by atoms with Crippen LogP contribution in [0.4, 0.5) is 0 Å². The topological polar surface area (TPSA) is 43.7 Å². The lowest BCUT2D eigenvalue weighted by atomic mass is 10.1. The molecule has 33 heavy (non-hydrogen) atoms. The molecule has 0 rings (SSSR count). The van der Waals surface area contributed by atoms with Crippen molar-refractivity contribution in [1.29, 1.82) is 0 Å². The Bertz CT molecular complexity index is 474. The van der Waals surface area contributed by atoms with Crippen molar-refractivity contribution in [2.75, 3.05) is 25.4 Å². The van der Waals surface area contributed by atoms with E-state index in [-0.39, 0.29) is 0 Å². The summed E-state index contributed by atoms with van der Waals surface area (Å²) in [5, 5.41) is 20.9. The van der Waals surface area contributed by atoms with Gasteiger partial charge in [0.05, 0.1) is 12.2 Å². The third kappa shape index (κ3) is 24.1. The van der Waals surface area contributed by atoms with Gasteiger partial charge in [0, 0.05) is 13.1 Å². The van der Waals surface area contributed by atoms with E-state index in [9.17, 15) is 10.2 Å². The molecule has 2 atom stereocenters. The second-order valence-corrected chi connectivity index (χ2v) is 9.41. The smallest absolute Gasteiger partial charge is 0.0701 e. The van der Waals surface area contributed by atoms with E-state index in [1.807, 2.05) is 0 Å². The number of hydrogen-bond donors (Lipinski definition) is 3. The van der Waals surface area contributed by atoms with Crippen molar-refractivity contribution in [2.24, 2.45) is 0 Å². The number of thiol groups is 1. The van der Waals surface area contributed by atoms with E-state index in [0.29, 0.717) is 25.9 Å². The molecular weight excluding hydrogens is 426 g/mol. The number of rotatable bonds is 23. The summed E-state index contributed by atoms with van der Waals surface area (Å²) >= 11 is 4.32. The van der Waals surface area contributed by atoms with Crippen LogP contribution in [0.15, 0.2) is 48.6 Å². The second-order valence-electron chi connectivity index (χ2n) is 8.96. The maximum absolute atomic E-state index is 10.4. The molecule has 0 bridgehead atoms. The molecular formula is C29H53NO2S. The summed E-state index contributed by atoms with van der Waals surface area (Å²) in [6, 6.07) is 0. The van der Waals surface area contributed by atoms with Crippen molar-refractivity contribution >= 4 is 12.6 Å². The van der Waals surface area contributed by atoms with Gasteiger partial charge >= 0.3 is 0 Å². The minimum Gasteiger partial charge on any atom is -0.391 e. The maximum atomic E-state index is 10.4. The van der Waals surface area contributed by atoms with Crippen LogP contribution in [-0.4, -0.2) is 52.7 Å². The molecule has 2 N–H and O–H groups in total. The van der Waals surface area contributed by atoms with Gasteiger partial charge in [0.1, 0.15) is 0 Å². The fourth-order valence-corrected chi connectivity index (χ4v) is 3.75. The summed E-state index contributed by atoms with van der Waals surface area (Å²) in [6.45, 7) is 6.49. The molecule has 0 aromatic heterocycles. The third-order valence-corrected chi connectivity index (χ3v) is 5.86. The zero-order valence-corrected chi connectivity index (χ0v) is 22.5. The van der Waals surface area contributed by atoms with Crippen molar-refractivity contribution in [1.82, 2.24) is 4.90 Å². The molecule has 2 unspecified atom stereocenters. The van der Waals surface area contributed by atoms with E-state index in [4.69, 9.17) is 0 Å². The Hall–Kier alpha value is -0.810. The molecule has 4 heteroatoms. The number of hydrogen-bond acceptors (Lipinski definition) is 4. The van der Waals surface area contributed by atoms with Gasteiger partial charge in [0.2, 0.25) is 0 Å². The molecule has 0 aromatic carbocycles. The molecule has 0 saturated carbocycles. The quantitative estimate of drug-likeness (QED) is 0.0819. The van der Waals surface area contributed by atoms with Gasteiger partial charge in [-0.25, -0.2) is 0 Å². The summed E-state index contributed by atoms with van der Waals surface area (Å²) in [7, 11) is 0. The molecule has 192 valence electrons. The number of nitrogens with zero attached hydrogens (tertiary/aromatic N) is 1. The van der Waals surface area contributed by atoms with Crippen LogP contribution >= 0.6 is 12.6 Å². The highest BCUT2D eigenvalue weighted by molar-refractivity contribution is 7.80. The highest BCUT2D eigenvalue weighted by atomic mass is 32.1. The van der Waals surface area contributed by atoms with Crippen molar-refractivity contribution in [3.63, 3.8) is 0 Å². The van der Waals surface area contributed by atoms with Gasteiger partial charge in [-0.1, -0.05) is 88.1 Å². The van der Waals surface area contributed by atoms with Crippen molar-refractivity contribution in [3.05, 3.63) is 48.6 Å². The van der Waals surface area contributed by atoms with E-state index in [2.05, 4.69) is 80.0 Å². The van der Waals surface area contributed by atoms with Gasteiger partial charge in [0.15, 0.2) is 0 Å². The first-order valence-electron chi connectivity index (χ1n) is 13.4. The Labute approximate surface area is 211 Å². The number of unbranched alkanes of at least 4 members (excludes halogenated alkanes) is 6. The Morgan fingerprint density at radius 1 is 0.636 bits per heavy atom. The van der Waals surface area contributed by atoms with Crippen LogP contribution in [0.25, 0.3) is 0 Å². The fourth-order valence-electron chi connectivity index (χ4n) is 3.61. The van der Waals surface area contributed by atoms with Crippen molar-refractivity contribution < 1.29 is 10.2 Å². The van der Waals surface area contributed by atoms with Gasteiger partial charge in [-0.3, -0.25) is 4.90 Å². The van der Waals surface area contributed by atoms with Crippen LogP contribution < -0.4 is 0 Å². The molecule has 0 aliphatic rings. The SMILES string of the molecule is CCCCC/C=C\C/C=C\CC(O)CN(CCCS)CC(O)C/C=C\C/C=C\CCCCC. The molecule has 0 saturated heterocycles. The largest absolute Gasteiger partial charge is 0.391 e. The summed E-state index contributed by atoms with van der Waals surface area (Å²) in [4.78, 5) is 2.18. The highest BCUT2D eigenvalue weighted by Gasteiger charge is 2.14. The van der Waals surface area contributed by atoms with E-state index in [1.165, 1.54) is 38.5 Å². The van der Waals surface area contributed by atoms with Gasteiger partial charge in [-0.15, -0.1) is 0 Å². The molecule has 0 aromatic rings. The van der Waals surface area contributed by atoms with Gasteiger partial charge in [0.25, 0.3) is 0 Å². The average Bonchev–Trinajstić information content (AvgIpc) is 2.80. The lowest BCUT2D eigenvalue weighted by molar-refractivity contribution is 0.0717. The number of aliphatic hydroxyl groups excluding tert-OH is 2. The van der Waals surface area contributed by atoms with E-state index in [0.717, 1.165) is 44.4 Å². The van der Waals surface area contributed by atoms with Gasteiger partial charge < -0.3 is 10.2 Å². The minimum absolute atomic E-state index is 0.407. The summed E-state index contributed by atoms with van der Waals surface area (Å²) in [5.41, 5.74) is 0. The number of aliphatic hydroxyl groups is 2. The fraction of sp³-hybridized carbons (Fsp3) is 0.724. The van der Waals surface area contributed by atoms with Gasteiger partial charge in [-0.2, -0.15) is 12.6 Å². The second kappa shape index (κ2) is 25.8. The zero-order chi connectivity index (χ0) is 24.4. The standard InChI is InChI=1S/C29H53NO2S/c1-3-5-7-9-11-13-15-17-19-22-28(31)26-30(24-21-25-33)27-29(32)23-20-18-16-14-12-10-8-6-4-2/h11-14,17-20,28-29,31-33H,3-10,15-16,21-27H2,1-2H3/b13-11-,14-12-,19-17-,20-18-. The molecule has 0 aliphatic carbocycles. The van der Waals surface area contributed by atoms with Gasteiger partial charge in [-0.05, 0) is 70.1 Å². The van der Waals surface area contributed by atoms with Crippen LogP contribution in [0.1, 0.15) is 97.3 Å². The Kier molecular flexibility index (Phi) is 25.2. The van der Waals surface area contributed by atoms with Crippen LogP contribution in [0.5, 0.6) is 0 Å². The Morgan fingerprint density at radius 3 is 1.52 bits per heavy atom. The van der Waals surface area contributed by atoms with Crippen LogP contribution in [0.2, 0.25) is 0 Å². The zero-order valence-electron chi connectivity index (χ0n) is 21.6. The molecule has 0 aliphatic heterocycles. The number of allylic oxidation sites excluding steroid dienone is 6.